The van der Waals surface area contributed by atoms with E-state index in [2.05, 4.69) is 5.32 Å². The molecule has 2 aliphatic rings. The fourth-order valence-corrected chi connectivity index (χ4v) is 4.56. The second kappa shape index (κ2) is 8.38. The van der Waals surface area contributed by atoms with Gasteiger partial charge in [0.05, 0.1) is 6.04 Å². The lowest BCUT2D eigenvalue weighted by molar-refractivity contribution is -0.146. The lowest BCUT2D eigenvalue weighted by Crippen LogP contribution is -2.59. The van der Waals surface area contributed by atoms with E-state index >= 15 is 0 Å². The molecule has 2 amide bonds. The first-order chi connectivity index (χ1) is 14.3. The largest absolute Gasteiger partial charge is 0.346 e. The highest BCUT2D eigenvalue weighted by molar-refractivity contribution is 6.30. The molecular formula is C24H26ClFN2O2. The van der Waals surface area contributed by atoms with Crippen LogP contribution in [0.3, 0.4) is 0 Å². The molecule has 2 fully saturated rings. The number of nitrogens with one attached hydrogen (secondary N) is 1. The van der Waals surface area contributed by atoms with Crippen molar-refractivity contribution in [2.45, 2.75) is 44.7 Å². The number of hydrogen-bond donors (Lipinski definition) is 1. The second-order valence-electron chi connectivity index (χ2n) is 8.72. The lowest BCUT2D eigenvalue weighted by Gasteiger charge is -2.40. The van der Waals surface area contributed by atoms with Crippen molar-refractivity contribution in [1.29, 1.82) is 0 Å². The minimum absolute atomic E-state index is 0.0595. The molecule has 30 heavy (non-hydrogen) atoms. The molecule has 158 valence electrons. The molecule has 1 aliphatic heterocycles. The summed E-state index contributed by atoms with van der Waals surface area (Å²) in [5.41, 5.74) is 1.50. The van der Waals surface area contributed by atoms with Gasteiger partial charge in [0.1, 0.15) is 11.9 Å². The minimum atomic E-state index is -0.492. The summed E-state index contributed by atoms with van der Waals surface area (Å²) >= 11 is 5.86. The quantitative estimate of drug-likeness (QED) is 0.750. The van der Waals surface area contributed by atoms with Gasteiger partial charge in [0.25, 0.3) is 0 Å². The maximum atomic E-state index is 14.3. The fourth-order valence-electron chi connectivity index (χ4n) is 4.40. The summed E-state index contributed by atoms with van der Waals surface area (Å²) in [6.45, 7) is 4.52. The van der Waals surface area contributed by atoms with E-state index in [4.69, 9.17) is 11.6 Å². The third-order valence-corrected chi connectivity index (χ3v) is 6.26. The molecular weight excluding hydrogens is 403 g/mol. The van der Waals surface area contributed by atoms with Crippen LogP contribution in [0.2, 0.25) is 5.02 Å². The Morgan fingerprint density at radius 1 is 1.23 bits per heavy atom. The summed E-state index contributed by atoms with van der Waals surface area (Å²) in [6, 6.07) is 13.6. The van der Waals surface area contributed by atoms with Crippen molar-refractivity contribution in [3.05, 3.63) is 70.5 Å². The number of hydrogen-bond acceptors (Lipinski definition) is 2. The summed E-state index contributed by atoms with van der Waals surface area (Å²) < 4.78 is 14.3. The Labute approximate surface area is 181 Å². The predicted octanol–water partition coefficient (Wildman–Crippen LogP) is 4.70. The molecule has 0 unspecified atom stereocenters. The van der Waals surface area contributed by atoms with Gasteiger partial charge in [-0.3, -0.25) is 9.59 Å². The van der Waals surface area contributed by atoms with Crippen molar-refractivity contribution in [2.24, 2.45) is 11.8 Å². The molecule has 4 atom stereocenters. The molecule has 1 saturated carbocycles. The standard InChI is InChI=1S/C24H26ClFN2O2/c1-14(2)10-22-23(29)27-21(15-6-4-3-5-7-15)13-28(22)24(30)19-12-18(19)17-9-8-16(25)11-20(17)26/h3-9,11,14,18-19,21-22H,10,12-13H2,1-2H3,(H,27,29)/t18-,19+,21+,22-/m0/s1. The highest BCUT2D eigenvalue weighted by Gasteiger charge is 2.50. The second-order valence-corrected chi connectivity index (χ2v) is 9.16. The van der Waals surface area contributed by atoms with E-state index in [1.807, 2.05) is 44.2 Å². The van der Waals surface area contributed by atoms with Crippen molar-refractivity contribution in [3.8, 4) is 0 Å². The van der Waals surface area contributed by atoms with Gasteiger partial charge in [0.2, 0.25) is 11.8 Å². The summed E-state index contributed by atoms with van der Waals surface area (Å²) in [6.07, 6.45) is 1.20. The molecule has 0 bridgehead atoms. The average Bonchev–Trinajstić information content (AvgIpc) is 3.49. The van der Waals surface area contributed by atoms with Gasteiger partial charge < -0.3 is 10.2 Å². The van der Waals surface area contributed by atoms with Crippen molar-refractivity contribution in [1.82, 2.24) is 10.2 Å². The van der Waals surface area contributed by atoms with E-state index in [1.165, 1.54) is 6.07 Å². The van der Waals surface area contributed by atoms with E-state index in [0.29, 0.717) is 30.0 Å². The normalized spacial score (nSPS) is 25.9. The molecule has 1 N–H and O–H groups in total. The third-order valence-electron chi connectivity index (χ3n) is 6.02. The number of amides is 2. The topological polar surface area (TPSA) is 49.4 Å². The van der Waals surface area contributed by atoms with Crippen molar-refractivity contribution < 1.29 is 14.0 Å². The minimum Gasteiger partial charge on any atom is -0.346 e. The van der Waals surface area contributed by atoms with Gasteiger partial charge in [0, 0.05) is 17.5 Å². The summed E-state index contributed by atoms with van der Waals surface area (Å²) in [5.74, 6) is -0.733. The van der Waals surface area contributed by atoms with Gasteiger partial charge in [-0.25, -0.2) is 4.39 Å². The molecule has 1 aliphatic carbocycles. The number of piperazine rings is 1. The number of carbonyl (C=O) groups excluding carboxylic acids is 2. The maximum absolute atomic E-state index is 14.3. The number of benzene rings is 2. The molecule has 1 saturated heterocycles. The smallest absolute Gasteiger partial charge is 0.243 e. The molecule has 1 heterocycles. The molecule has 0 radical (unpaired) electrons. The number of carbonyl (C=O) groups is 2. The first-order valence-corrected chi connectivity index (χ1v) is 10.8. The zero-order chi connectivity index (χ0) is 21.4. The van der Waals surface area contributed by atoms with Crippen molar-refractivity contribution in [3.63, 3.8) is 0 Å². The molecule has 6 heteroatoms. The molecule has 2 aromatic rings. The van der Waals surface area contributed by atoms with Crippen LogP contribution in [-0.4, -0.2) is 29.3 Å². The number of rotatable bonds is 5. The third kappa shape index (κ3) is 4.22. The van der Waals surface area contributed by atoms with E-state index in [1.54, 1.807) is 17.0 Å². The van der Waals surface area contributed by atoms with Crippen LogP contribution in [0.4, 0.5) is 4.39 Å². The highest BCUT2D eigenvalue weighted by atomic mass is 35.5. The zero-order valence-electron chi connectivity index (χ0n) is 17.1. The van der Waals surface area contributed by atoms with Crippen molar-refractivity contribution in [2.75, 3.05) is 6.54 Å². The molecule has 0 aromatic heterocycles. The van der Waals surface area contributed by atoms with Gasteiger partial charge >= 0.3 is 0 Å². The van der Waals surface area contributed by atoms with E-state index in [-0.39, 0.29) is 41.4 Å². The van der Waals surface area contributed by atoms with Crippen LogP contribution in [0.25, 0.3) is 0 Å². The van der Waals surface area contributed by atoms with Gasteiger partial charge in [-0.1, -0.05) is 61.8 Å². The maximum Gasteiger partial charge on any atom is 0.243 e. The predicted molar refractivity (Wildman–Crippen MR) is 115 cm³/mol. The number of halogens is 2. The van der Waals surface area contributed by atoms with E-state index < -0.39 is 6.04 Å². The first-order valence-electron chi connectivity index (χ1n) is 10.5. The molecule has 0 spiro atoms. The van der Waals surface area contributed by atoms with Crippen LogP contribution in [0, 0.1) is 17.7 Å². The van der Waals surface area contributed by atoms with Crippen LogP contribution in [0.15, 0.2) is 48.5 Å². The fraction of sp³-hybridized carbons (Fsp3) is 0.417. The Bertz CT molecular complexity index is 949. The van der Waals surface area contributed by atoms with Crippen LogP contribution >= 0.6 is 11.6 Å². The SMILES string of the molecule is CC(C)C[C@H]1C(=O)N[C@@H](c2ccccc2)CN1C(=O)[C@@H]1C[C@H]1c1ccc(Cl)cc1F. The van der Waals surface area contributed by atoms with Gasteiger partial charge in [-0.2, -0.15) is 0 Å². The highest BCUT2D eigenvalue weighted by Crippen LogP contribution is 2.50. The van der Waals surface area contributed by atoms with Crippen LogP contribution < -0.4 is 5.32 Å². The van der Waals surface area contributed by atoms with Gasteiger partial charge in [-0.15, -0.1) is 0 Å². The van der Waals surface area contributed by atoms with Crippen LogP contribution in [0.5, 0.6) is 0 Å². The Morgan fingerprint density at radius 3 is 2.63 bits per heavy atom. The van der Waals surface area contributed by atoms with E-state index in [0.717, 1.165) is 5.56 Å². The monoisotopic (exact) mass is 428 g/mol. The Balaban J connectivity index is 1.56. The van der Waals surface area contributed by atoms with Crippen molar-refractivity contribution >= 4 is 23.4 Å². The van der Waals surface area contributed by atoms with E-state index in [9.17, 15) is 14.0 Å². The molecule has 2 aromatic carbocycles. The first kappa shape index (κ1) is 20.9. The van der Waals surface area contributed by atoms with Crippen LogP contribution in [-0.2, 0) is 9.59 Å². The molecule has 4 rings (SSSR count). The summed E-state index contributed by atoms with van der Waals surface area (Å²) in [4.78, 5) is 28.1. The summed E-state index contributed by atoms with van der Waals surface area (Å²) in [5, 5.41) is 3.43. The zero-order valence-corrected chi connectivity index (χ0v) is 17.9. The Hall–Kier alpha value is -2.40. The number of nitrogens with zero attached hydrogens (tertiary/aromatic N) is 1. The lowest BCUT2D eigenvalue weighted by atomic mass is 9.95. The Kier molecular flexibility index (Phi) is 5.83. The Morgan fingerprint density at radius 2 is 1.97 bits per heavy atom. The van der Waals surface area contributed by atoms with Crippen LogP contribution in [0.1, 0.15) is 49.8 Å². The van der Waals surface area contributed by atoms with Gasteiger partial charge in [0.15, 0.2) is 0 Å². The average molecular weight is 429 g/mol. The molecule has 4 nitrogen and oxygen atoms in total. The van der Waals surface area contributed by atoms with Gasteiger partial charge in [-0.05, 0) is 47.9 Å². The summed E-state index contributed by atoms with van der Waals surface area (Å²) in [7, 11) is 0.